The average molecular weight is 407 g/mol. The van der Waals surface area contributed by atoms with E-state index in [1.54, 1.807) is 13.8 Å². The molecule has 0 aliphatic carbocycles. The zero-order chi connectivity index (χ0) is 22.9. The van der Waals surface area contributed by atoms with Crippen LogP contribution in [-0.4, -0.2) is 49.1 Å². The molecule has 0 radical (unpaired) electrons. The summed E-state index contributed by atoms with van der Waals surface area (Å²) in [6.07, 6.45) is 1.39. The van der Waals surface area contributed by atoms with Crippen LogP contribution in [0.1, 0.15) is 54.4 Å². The summed E-state index contributed by atoms with van der Waals surface area (Å²) in [5, 5.41) is 0. The lowest BCUT2D eigenvalue weighted by atomic mass is 10.1. The van der Waals surface area contributed by atoms with E-state index in [1.807, 2.05) is 27.7 Å². The van der Waals surface area contributed by atoms with Gasteiger partial charge in [0.2, 0.25) is 0 Å². The van der Waals surface area contributed by atoms with Gasteiger partial charge in [0.1, 0.15) is 12.1 Å². The van der Waals surface area contributed by atoms with E-state index in [0.29, 0.717) is 37.9 Å². The number of carbonyl (C=O) groups excluding carboxylic acids is 4. The van der Waals surface area contributed by atoms with Crippen molar-refractivity contribution in [2.24, 2.45) is 34.8 Å². The van der Waals surface area contributed by atoms with Gasteiger partial charge in [-0.05, 0) is 38.5 Å². The fourth-order valence-electron chi connectivity index (χ4n) is 1.71. The minimum absolute atomic E-state index is 0.291. The summed E-state index contributed by atoms with van der Waals surface area (Å²) in [5.74, 6) is -1.91. The standard InChI is InChI=1S/2C8H17NO2.C2H4N2O2/c2*1-4-11-8(10)7(9)5-6(2)3;3-1(5)2(4)6/h2*6-7H,4-5,9H2,1-3H3;(H2,3,5)(H2,4,6)/t2*7-;/m00./s1. The third-order valence-electron chi connectivity index (χ3n) is 2.87. The molecule has 0 heterocycles. The van der Waals surface area contributed by atoms with Gasteiger partial charge < -0.3 is 32.4 Å². The predicted octanol–water partition coefficient (Wildman–Crippen LogP) is -0.197. The second-order valence-electron chi connectivity index (χ2n) is 6.70. The molecular formula is C18H38N4O6. The van der Waals surface area contributed by atoms with Gasteiger partial charge in [-0.25, -0.2) is 0 Å². The Hall–Kier alpha value is -2.20. The van der Waals surface area contributed by atoms with E-state index in [4.69, 9.17) is 20.9 Å². The Morgan fingerprint density at radius 2 is 0.929 bits per heavy atom. The summed E-state index contributed by atoms with van der Waals surface area (Å²) < 4.78 is 9.48. The largest absolute Gasteiger partial charge is 0.465 e. The highest BCUT2D eigenvalue weighted by Crippen LogP contribution is 2.04. The molecular weight excluding hydrogens is 368 g/mol. The Bertz CT molecular complexity index is 427. The second kappa shape index (κ2) is 18.2. The van der Waals surface area contributed by atoms with E-state index in [-0.39, 0.29) is 11.9 Å². The van der Waals surface area contributed by atoms with E-state index in [9.17, 15) is 19.2 Å². The molecule has 2 atom stereocenters. The molecule has 0 rings (SSSR count). The first-order chi connectivity index (χ1) is 12.8. The van der Waals surface area contributed by atoms with Crippen LogP contribution in [0.4, 0.5) is 0 Å². The molecule has 0 unspecified atom stereocenters. The molecule has 0 fully saturated rings. The van der Waals surface area contributed by atoms with Crippen molar-refractivity contribution >= 4 is 23.8 Å². The van der Waals surface area contributed by atoms with Crippen molar-refractivity contribution in [1.29, 1.82) is 0 Å². The smallest absolute Gasteiger partial charge is 0.322 e. The number of hydrogen-bond acceptors (Lipinski definition) is 8. The maximum atomic E-state index is 10.9. The van der Waals surface area contributed by atoms with Gasteiger partial charge >= 0.3 is 23.8 Å². The molecule has 0 bridgehead atoms. The first-order valence-electron chi connectivity index (χ1n) is 9.23. The molecule has 0 aromatic heterocycles. The Kier molecular flexibility index (Phi) is 19.8. The molecule has 0 aromatic rings. The number of carbonyl (C=O) groups is 4. The molecule has 166 valence electrons. The summed E-state index contributed by atoms with van der Waals surface area (Å²) in [6.45, 7) is 12.5. The summed E-state index contributed by atoms with van der Waals surface area (Å²) >= 11 is 0. The van der Waals surface area contributed by atoms with Crippen molar-refractivity contribution < 1.29 is 28.7 Å². The van der Waals surface area contributed by atoms with E-state index in [2.05, 4.69) is 11.5 Å². The molecule has 10 nitrogen and oxygen atoms in total. The number of esters is 2. The van der Waals surface area contributed by atoms with E-state index in [1.165, 1.54) is 0 Å². The van der Waals surface area contributed by atoms with Crippen LogP contribution in [0, 0.1) is 11.8 Å². The van der Waals surface area contributed by atoms with Crippen LogP contribution in [0.15, 0.2) is 0 Å². The molecule has 2 amide bonds. The zero-order valence-electron chi connectivity index (χ0n) is 17.9. The number of ether oxygens (including phenoxy) is 2. The third kappa shape index (κ3) is 21.8. The quantitative estimate of drug-likeness (QED) is 0.314. The molecule has 0 aliphatic heterocycles. The summed E-state index contributed by atoms with van der Waals surface area (Å²) in [5.41, 5.74) is 19.7. The lowest BCUT2D eigenvalue weighted by Gasteiger charge is -2.11. The average Bonchev–Trinajstić information content (AvgIpc) is 2.55. The molecule has 10 heteroatoms. The first-order valence-corrected chi connectivity index (χ1v) is 9.23. The first kappa shape index (κ1) is 30.5. The van der Waals surface area contributed by atoms with Crippen LogP contribution in [0.2, 0.25) is 0 Å². The van der Waals surface area contributed by atoms with Crippen molar-refractivity contribution in [1.82, 2.24) is 0 Å². The Morgan fingerprint density at radius 3 is 1.07 bits per heavy atom. The van der Waals surface area contributed by atoms with Gasteiger partial charge in [0.25, 0.3) is 0 Å². The highest BCUT2D eigenvalue weighted by molar-refractivity contribution is 6.33. The van der Waals surface area contributed by atoms with Crippen LogP contribution in [0.3, 0.4) is 0 Å². The van der Waals surface area contributed by atoms with Crippen molar-refractivity contribution in [3.63, 3.8) is 0 Å². The van der Waals surface area contributed by atoms with Gasteiger partial charge in [-0.1, -0.05) is 27.7 Å². The van der Waals surface area contributed by atoms with Crippen molar-refractivity contribution in [3.8, 4) is 0 Å². The van der Waals surface area contributed by atoms with Crippen LogP contribution in [-0.2, 0) is 28.7 Å². The van der Waals surface area contributed by atoms with E-state index in [0.717, 1.165) is 0 Å². The summed E-state index contributed by atoms with van der Waals surface area (Å²) in [7, 11) is 0. The molecule has 28 heavy (non-hydrogen) atoms. The minimum Gasteiger partial charge on any atom is -0.465 e. The Morgan fingerprint density at radius 1 is 0.679 bits per heavy atom. The molecule has 0 aromatic carbocycles. The number of hydrogen-bond donors (Lipinski definition) is 4. The monoisotopic (exact) mass is 406 g/mol. The summed E-state index contributed by atoms with van der Waals surface area (Å²) in [6, 6.07) is -0.898. The maximum Gasteiger partial charge on any atom is 0.322 e. The number of nitrogens with two attached hydrogens (primary N) is 4. The van der Waals surface area contributed by atoms with Crippen molar-refractivity contribution in [3.05, 3.63) is 0 Å². The molecule has 0 spiro atoms. The predicted molar refractivity (Wildman–Crippen MR) is 107 cm³/mol. The Balaban J connectivity index is -0.000000351. The number of rotatable bonds is 8. The normalized spacial score (nSPS) is 11.9. The molecule has 0 aliphatic rings. The van der Waals surface area contributed by atoms with Crippen molar-refractivity contribution in [2.45, 2.75) is 66.5 Å². The van der Waals surface area contributed by atoms with Crippen LogP contribution in [0.25, 0.3) is 0 Å². The highest BCUT2D eigenvalue weighted by Gasteiger charge is 2.15. The van der Waals surface area contributed by atoms with Crippen LogP contribution < -0.4 is 22.9 Å². The lowest BCUT2D eigenvalue weighted by Crippen LogP contribution is -2.33. The van der Waals surface area contributed by atoms with Gasteiger partial charge in [-0.2, -0.15) is 0 Å². The van der Waals surface area contributed by atoms with Gasteiger partial charge in [-0.3, -0.25) is 19.2 Å². The summed E-state index contributed by atoms with van der Waals surface area (Å²) in [4.78, 5) is 40.8. The number of primary amides is 2. The second-order valence-corrected chi connectivity index (χ2v) is 6.70. The molecule has 8 N–H and O–H groups in total. The van der Waals surface area contributed by atoms with Crippen LogP contribution in [0.5, 0.6) is 0 Å². The maximum absolute atomic E-state index is 10.9. The topological polar surface area (TPSA) is 191 Å². The minimum atomic E-state index is -1.10. The van der Waals surface area contributed by atoms with Crippen molar-refractivity contribution in [2.75, 3.05) is 13.2 Å². The molecule has 0 saturated carbocycles. The molecule has 0 saturated heterocycles. The van der Waals surface area contributed by atoms with Gasteiger partial charge in [0.05, 0.1) is 13.2 Å². The van der Waals surface area contributed by atoms with E-state index < -0.39 is 23.9 Å². The SMILES string of the molecule is CCOC(=O)[C@@H](N)CC(C)C.CCOC(=O)[C@@H](N)CC(C)C.NC(=O)C(N)=O. The van der Waals surface area contributed by atoms with Crippen LogP contribution >= 0.6 is 0 Å². The lowest BCUT2D eigenvalue weighted by molar-refractivity contribution is -0.145. The fourth-order valence-corrected chi connectivity index (χ4v) is 1.71. The zero-order valence-corrected chi connectivity index (χ0v) is 17.9. The fraction of sp³-hybridized carbons (Fsp3) is 0.778. The van der Waals surface area contributed by atoms with Gasteiger partial charge in [0, 0.05) is 0 Å². The van der Waals surface area contributed by atoms with Gasteiger partial charge in [0.15, 0.2) is 0 Å². The number of amides is 2. The Labute approximate surface area is 167 Å². The van der Waals surface area contributed by atoms with Gasteiger partial charge in [-0.15, -0.1) is 0 Å². The highest BCUT2D eigenvalue weighted by atomic mass is 16.5. The van der Waals surface area contributed by atoms with E-state index >= 15 is 0 Å². The third-order valence-corrected chi connectivity index (χ3v) is 2.87.